The first-order valence-electron chi connectivity index (χ1n) is 14.8. The maximum atomic E-state index is 11.4. The van der Waals surface area contributed by atoms with Crippen molar-refractivity contribution in [2.75, 3.05) is 27.8 Å². The number of carbonyl (C=O) groups is 1. The highest BCUT2D eigenvalue weighted by atomic mass is 16.4. The van der Waals surface area contributed by atoms with Gasteiger partial charge in [-0.2, -0.15) is 0 Å². The van der Waals surface area contributed by atoms with Crippen LogP contribution in [0.4, 0.5) is 28.4 Å². The van der Waals surface area contributed by atoms with E-state index in [1.54, 1.807) is 0 Å². The predicted molar refractivity (Wildman–Crippen MR) is 187 cm³/mol. The molecule has 0 aromatic heterocycles. The van der Waals surface area contributed by atoms with Crippen molar-refractivity contribution < 1.29 is 9.90 Å². The van der Waals surface area contributed by atoms with Crippen molar-refractivity contribution in [2.45, 2.75) is 55.4 Å². The molecule has 6 heteroatoms. The molecule has 0 fully saturated rings. The van der Waals surface area contributed by atoms with Crippen molar-refractivity contribution in [3.63, 3.8) is 0 Å². The van der Waals surface area contributed by atoms with E-state index in [4.69, 9.17) is 6.57 Å². The van der Waals surface area contributed by atoms with E-state index in [0.717, 1.165) is 52.9 Å². The second kappa shape index (κ2) is 13.7. The Morgan fingerprint density at radius 3 is 1.30 bits per heavy atom. The molecule has 0 bridgehead atoms. The molecule has 0 saturated heterocycles. The molecule has 230 valence electrons. The number of carboxylic acids is 1. The smallest absolute Gasteiger partial charge is 0.333 e. The van der Waals surface area contributed by atoms with E-state index in [1.807, 2.05) is 38.1 Å². The van der Waals surface area contributed by atoms with Crippen LogP contribution in [0.3, 0.4) is 0 Å². The van der Waals surface area contributed by atoms with Gasteiger partial charge in [-0.15, -0.1) is 0 Å². The van der Waals surface area contributed by atoms with E-state index in [-0.39, 0.29) is 16.5 Å². The van der Waals surface area contributed by atoms with E-state index < -0.39 is 5.97 Å². The first-order chi connectivity index (χ1) is 20.5. The molecule has 1 N–H and O–H groups in total. The third-order valence-corrected chi connectivity index (χ3v) is 6.82. The van der Waals surface area contributed by atoms with Crippen LogP contribution in [0.15, 0.2) is 103 Å². The molecular weight excluding hydrogens is 544 g/mol. The molecule has 0 spiro atoms. The number of carboxylic acid groups (broad SMARTS) is 1. The van der Waals surface area contributed by atoms with Gasteiger partial charge < -0.3 is 19.8 Å². The Kier molecular flexibility index (Phi) is 10.5. The van der Waals surface area contributed by atoms with Crippen molar-refractivity contribution >= 4 is 40.5 Å². The number of allylic oxidation sites excluding steroid dienone is 2. The summed E-state index contributed by atoms with van der Waals surface area (Å²) in [6.45, 7) is 34.7. The van der Waals surface area contributed by atoms with Gasteiger partial charge in [-0.25, -0.2) is 4.85 Å². The molecule has 0 aliphatic rings. The predicted octanol–water partition coefficient (Wildman–Crippen LogP) is 10.3. The molecule has 0 atom stereocenters. The lowest BCUT2D eigenvalue weighted by atomic mass is 9.95. The summed E-state index contributed by atoms with van der Waals surface area (Å²) in [4.78, 5) is 21.1. The van der Waals surface area contributed by atoms with Crippen LogP contribution >= 0.6 is 0 Å². The summed E-state index contributed by atoms with van der Waals surface area (Å²) in [5, 5.41) is 9.28. The summed E-state index contributed by atoms with van der Waals surface area (Å²) in [5.74, 6) is -1.24. The number of hydrogen-bond acceptors (Lipinski definition) is 4. The lowest BCUT2D eigenvalue weighted by Crippen LogP contribution is -2.31. The second-order valence-corrected chi connectivity index (χ2v) is 13.7. The Bertz CT molecular complexity index is 1470. The lowest BCUT2D eigenvalue weighted by molar-refractivity contribution is -0.132. The maximum Gasteiger partial charge on any atom is 0.333 e. The summed E-state index contributed by atoms with van der Waals surface area (Å²) in [7, 11) is 0. The van der Waals surface area contributed by atoms with Crippen LogP contribution < -0.4 is 14.7 Å². The summed E-state index contributed by atoms with van der Waals surface area (Å²) in [5.41, 5.74) is 7.49. The standard InChI is InChI=1S/C38H46N4O2/c1-27(2)40(25-37(5,6)7)30-16-20-33(21-17-30)42(32-14-12-29(13-15-32)24-35(39-11)36(43)44)34-22-18-31(19-23-34)41(28(3)4)26-38(8,9)10/h12-24H,1,3,25-26H2,2,4-10H3,(H,43,44). The van der Waals surface area contributed by atoms with Gasteiger partial charge >= 0.3 is 5.97 Å². The van der Waals surface area contributed by atoms with Crippen LogP contribution in [0.1, 0.15) is 61.0 Å². The van der Waals surface area contributed by atoms with Crippen LogP contribution in [-0.4, -0.2) is 24.2 Å². The molecule has 3 aromatic carbocycles. The van der Waals surface area contributed by atoms with E-state index >= 15 is 0 Å². The van der Waals surface area contributed by atoms with Crippen LogP contribution in [0, 0.1) is 17.4 Å². The monoisotopic (exact) mass is 590 g/mol. The zero-order chi connectivity index (χ0) is 32.8. The molecule has 6 nitrogen and oxygen atoms in total. The van der Waals surface area contributed by atoms with Crippen molar-refractivity contribution in [3.8, 4) is 0 Å². The second-order valence-electron chi connectivity index (χ2n) is 13.7. The number of nitrogens with zero attached hydrogens (tertiary/aromatic N) is 4. The molecule has 0 aliphatic heterocycles. The minimum atomic E-state index is -1.24. The first-order valence-corrected chi connectivity index (χ1v) is 14.8. The van der Waals surface area contributed by atoms with Gasteiger partial charge in [0, 0.05) is 52.9 Å². The summed E-state index contributed by atoms with van der Waals surface area (Å²) in [6, 6.07) is 24.5. The Balaban J connectivity index is 2.09. The largest absolute Gasteiger partial charge is 0.486 e. The molecule has 3 aromatic rings. The van der Waals surface area contributed by atoms with Gasteiger partial charge in [0.15, 0.2) is 0 Å². The number of rotatable bonds is 11. The third kappa shape index (κ3) is 9.12. The lowest BCUT2D eigenvalue weighted by Gasteiger charge is -2.33. The van der Waals surface area contributed by atoms with E-state index in [1.165, 1.54) is 6.08 Å². The fourth-order valence-corrected chi connectivity index (χ4v) is 4.87. The molecule has 0 radical (unpaired) electrons. The molecular formula is C38H46N4O2. The molecule has 44 heavy (non-hydrogen) atoms. The quantitative estimate of drug-likeness (QED) is 0.178. The van der Waals surface area contributed by atoms with E-state index in [0.29, 0.717) is 5.56 Å². The minimum absolute atomic E-state index is 0.0972. The molecule has 0 heterocycles. The zero-order valence-electron chi connectivity index (χ0n) is 27.5. The summed E-state index contributed by atoms with van der Waals surface area (Å²) in [6.07, 6.45) is 1.38. The normalized spacial score (nSPS) is 11.8. The number of hydrogen-bond donors (Lipinski definition) is 1. The Hall–Kier alpha value is -4.76. The average molecular weight is 591 g/mol. The zero-order valence-corrected chi connectivity index (χ0v) is 27.5. The highest BCUT2D eigenvalue weighted by molar-refractivity contribution is 5.94. The number of anilines is 5. The fraction of sp³-hybridized carbons (Fsp3) is 0.316. The maximum absolute atomic E-state index is 11.4. The summed E-state index contributed by atoms with van der Waals surface area (Å²) < 4.78 is 0. The first kappa shape index (κ1) is 33.7. The van der Waals surface area contributed by atoms with E-state index in [9.17, 15) is 9.90 Å². The van der Waals surface area contributed by atoms with Gasteiger partial charge in [-0.1, -0.05) is 66.8 Å². The van der Waals surface area contributed by atoms with Crippen LogP contribution in [0.5, 0.6) is 0 Å². The van der Waals surface area contributed by atoms with Gasteiger partial charge in [-0.3, -0.25) is 4.79 Å². The van der Waals surface area contributed by atoms with Gasteiger partial charge in [0.25, 0.3) is 5.70 Å². The number of aliphatic carboxylic acids is 1. The molecule has 0 unspecified atom stereocenters. The minimum Gasteiger partial charge on any atom is -0.486 e. The van der Waals surface area contributed by atoms with Gasteiger partial charge in [0.2, 0.25) is 0 Å². The Morgan fingerprint density at radius 2 is 1.02 bits per heavy atom. The van der Waals surface area contributed by atoms with Crippen molar-refractivity contribution in [2.24, 2.45) is 10.8 Å². The third-order valence-electron chi connectivity index (χ3n) is 6.82. The van der Waals surface area contributed by atoms with Crippen molar-refractivity contribution in [1.82, 2.24) is 0 Å². The number of benzene rings is 3. The van der Waals surface area contributed by atoms with Crippen LogP contribution in [0.25, 0.3) is 10.9 Å². The molecule has 0 amide bonds. The van der Waals surface area contributed by atoms with Crippen LogP contribution in [0.2, 0.25) is 0 Å². The van der Waals surface area contributed by atoms with Gasteiger partial charge in [-0.05, 0) is 97.0 Å². The van der Waals surface area contributed by atoms with Gasteiger partial charge in [0.1, 0.15) is 0 Å². The van der Waals surface area contributed by atoms with Crippen LogP contribution in [-0.2, 0) is 4.79 Å². The Labute approximate surface area is 264 Å². The van der Waals surface area contributed by atoms with E-state index in [2.05, 4.69) is 123 Å². The fourth-order valence-electron chi connectivity index (χ4n) is 4.87. The Morgan fingerprint density at radius 1 is 0.705 bits per heavy atom. The SMILES string of the molecule is [C-]#[N+]C(=Cc1ccc(N(c2ccc(N(CC(C)(C)C)C(=C)C)cc2)c2ccc(N(CC(C)(C)C)C(=C)C)cc2)cc1)C(=O)O. The highest BCUT2D eigenvalue weighted by Gasteiger charge is 2.21. The molecule has 0 saturated carbocycles. The van der Waals surface area contributed by atoms with Gasteiger partial charge in [0.05, 0.1) is 6.57 Å². The average Bonchev–Trinajstić information content (AvgIpc) is 2.94. The molecule has 3 rings (SSSR count). The molecule has 0 aliphatic carbocycles. The van der Waals surface area contributed by atoms with Crippen molar-refractivity contribution in [1.29, 1.82) is 0 Å². The van der Waals surface area contributed by atoms with Crippen molar-refractivity contribution in [3.05, 3.63) is 120 Å². The summed E-state index contributed by atoms with van der Waals surface area (Å²) >= 11 is 0. The topological polar surface area (TPSA) is 51.4 Å². The highest BCUT2D eigenvalue weighted by Crippen LogP contribution is 2.38.